The molecule has 1 amide bonds. The molecule has 0 atom stereocenters. The molecule has 1 aromatic heterocycles. The van der Waals surface area contributed by atoms with Crippen LogP contribution < -0.4 is 5.32 Å². The highest BCUT2D eigenvalue weighted by Crippen LogP contribution is 2.45. The van der Waals surface area contributed by atoms with Crippen LogP contribution in [0.25, 0.3) is 33.6 Å². The van der Waals surface area contributed by atoms with E-state index >= 15 is 0 Å². The van der Waals surface area contributed by atoms with Crippen molar-refractivity contribution in [2.45, 2.75) is 13.5 Å². The number of rotatable bonds is 7. The molecule has 1 aliphatic heterocycles. The Balaban J connectivity index is 1.59. The molecule has 0 bridgehead atoms. The number of phenols is 2. The summed E-state index contributed by atoms with van der Waals surface area (Å²) in [6.07, 6.45) is 0. The number of amides is 1. The standard InChI is InChI=1S/C29H28ClN3O5/c1-2-31-29(36)27-26(19-9-7-18(8-10-19)17-33-11-13-37-14-12-33)28(38-32-27)22-15-21(24(34)16-25(22)35)20-5-3-4-6-23(20)30/h3-10,15-16,34-35H,2,11-14,17H2,1H3,(H,31,36). The van der Waals surface area contributed by atoms with Gasteiger partial charge in [0.2, 0.25) is 0 Å². The van der Waals surface area contributed by atoms with Gasteiger partial charge in [0.25, 0.3) is 5.91 Å². The van der Waals surface area contributed by atoms with Crippen molar-refractivity contribution in [3.8, 4) is 45.1 Å². The van der Waals surface area contributed by atoms with Gasteiger partial charge in [-0.2, -0.15) is 0 Å². The highest BCUT2D eigenvalue weighted by molar-refractivity contribution is 6.33. The van der Waals surface area contributed by atoms with Crippen LogP contribution in [-0.4, -0.2) is 59.0 Å². The van der Waals surface area contributed by atoms with E-state index in [4.69, 9.17) is 20.9 Å². The summed E-state index contributed by atoms with van der Waals surface area (Å²) in [5.74, 6) is -0.545. The average Bonchev–Trinajstić information content (AvgIpc) is 3.36. The molecule has 0 aliphatic carbocycles. The lowest BCUT2D eigenvalue weighted by Gasteiger charge is -2.26. The molecule has 0 unspecified atom stereocenters. The van der Waals surface area contributed by atoms with Crippen molar-refractivity contribution >= 4 is 17.5 Å². The number of carbonyl (C=O) groups is 1. The SMILES string of the molecule is CCNC(=O)c1noc(-c2cc(-c3ccccc3Cl)c(O)cc2O)c1-c1ccc(CN2CCOCC2)cc1. The lowest BCUT2D eigenvalue weighted by atomic mass is 9.94. The Morgan fingerprint density at radius 1 is 1.00 bits per heavy atom. The summed E-state index contributed by atoms with van der Waals surface area (Å²) in [6, 6.07) is 17.8. The smallest absolute Gasteiger partial charge is 0.274 e. The molecule has 1 fully saturated rings. The van der Waals surface area contributed by atoms with Gasteiger partial charge in [-0.1, -0.05) is 59.2 Å². The van der Waals surface area contributed by atoms with Gasteiger partial charge in [0, 0.05) is 48.4 Å². The fraction of sp³-hybridized carbons (Fsp3) is 0.241. The number of morpholine rings is 1. The second-order valence-electron chi connectivity index (χ2n) is 9.05. The van der Waals surface area contributed by atoms with Gasteiger partial charge in [0.05, 0.1) is 24.3 Å². The van der Waals surface area contributed by atoms with Crippen molar-refractivity contribution in [2.75, 3.05) is 32.8 Å². The summed E-state index contributed by atoms with van der Waals surface area (Å²) >= 11 is 6.39. The first kappa shape index (κ1) is 25.8. The van der Waals surface area contributed by atoms with E-state index in [1.165, 1.54) is 6.07 Å². The summed E-state index contributed by atoms with van der Waals surface area (Å²) in [5, 5.41) is 28.7. The Morgan fingerprint density at radius 2 is 1.71 bits per heavy atom. The van der Waals surface area contributed by atoms with Crippen LogP contribution in [0.4, 0.5) is 0 Å². The molecule has 1 saturated heterocycles. The number of aromatic nitrogens is 1. The van der Waals surface area contributed by atoms with E-state index in [0.717, 1.165) is 38.4 Å². The molecular weight excluding hydrogens is 506 g/mol. The quantitative estimate of drug-likeness (QED) is 0.295. The van der Waals surface area contributed by atoms with Crippen LogP contribution >= 0.6 is 11.6 Å². The highest BCUT2D eigenvalue weighted by Gasteiger charge is 2.27. The molecule has 4 aromatic rings. The van der Waals surface area contributed by atoms with Gasteiger partial charge in [-0.15, -0.1) is 0 Å². The lowest BCUT2D eigenvalue weighted by molar-refractivity contribution is 0.0342. The third-order valence-electron chi connectivity index (χ3n) is 6.52. The van der Waals surface area contributed by atoms with Gasteiger partial charge in [0.1, 0.15) is 11.5 Å². The van der Waals surface area contributed by atoms with Gasteiger partial charge in [-0.25, -0.2) is 0 Å². The van der Waals surface area contributed by atoms with E-state index in [2.05, 4.69) is 15.4 Å². The summed E-state index contributed by atoms with van der Waals surface area (Å²) in [5.41, 5.74) is 3.65. The zero-order valence-corrected chi connectivity index (χ0v) is 21.7. The van der Waals surface area contributed by atoms with Crippen LogP contribution in [0.15, 0.2) is 65.2 Å². The number of hydrogen-bond donors (Lipinski definition) is 3. The Hall–Kier alpha value is -3.85. The third-order valence-corrected chi connectivity index (χ3v) is 6.85. The summed E-state index contributed by atoms with van der Waals surface area (Å²) < 4.78 is 11.1. The minimum atomic E-state index is -0.389. The van der Waals surface area contributed by atoms with Gasteiger partial charge in [-0.05, 0) is 30.2 Å². The van der Waals surface area contributed by atoms with E-state index in [9.17, 15) is 15.0 Å². The molecule has 9 heteroatoms. The van der Waals surface area contributed by atoms with Gasteiger partial charge in [-0.3, -0.25) is 9.69 Å². The van der Waals surface area contributed by atoms with E-state index < -0.39 is 0 Å². The normalized spacial score (nSPS) is 13.9. The Labute approximate surface area is 225 Å². The van der Waals surface area contributed by atoms with Crippen molar-refractivity contribution in [2.24, 2.45) is 0 Å². The molecular formula is C29H28ClN3O5. The Bertz CT molecular complexity index is 1450. The maximum Gasteiger partial charge on any atom is 0.274 e. The van der Waals surface area contributed by atoms with Crippen molar-refractivity contribution < 1.29 is 24.3 Å². The van der Waals surface area contributed by atoms with Crippen LogP contribution in [0.2, 0.25) is 5.02 Å². The molecule has 196 valence electrons. The number of ether oxygens (including phenoxy) is 1. The summed E-state index contributed by atoms with van der Waals surface area (Å²) in [7, 11) is 0. The lowest BCUT2D eigenvalue weighted by Crippen LogP contribution is -2.35. The maximum atomic E-state index is 12.9. The minimum absolute atomic E-state index is 0.106. The first-order valence-electron chi connectivity index (χ1n) is 12.4. The van der Waals surface area contributed by atoms with Crippen molar-refractivity contribution in [1.29, 1.82) is 0 Å². The molecule has 3 aromatic carbocycles. The number of nitrogens with zero attached hydrogens (tertiary/aromatic N) is 2. The van der Waals surface area contributed by atoms with Crippen molar-refractivity contribution in [3.63, 3.8) is 0 Å². The second-order valence-corrected chi connectivity index (χ2v) is 9.45. The Kier molecular flexibility index (Phi) is 7.64. The van der Waals surface area contributed by atoms with Crippen molar-refractivity contribution in [1.82, 2.24) is 15.4 Å². The zero-order valence-electron chi connectivity index (χ0n) is 20.9. The van der Waals surface area contributed by atoms with E-state index in [1.54, 1.807) is 30.3 Å². The van der Waals surface area contributed by atoms with Gasteiger partial charge in [0.15, 0.2) is 11.5 Å². The fourth-order valence-corrected chi connectivity index (χ4v) is 4.83. The number of nitrogens with one attached hydrogen (secondary N) is 1. The predicted molar refractivity (Wildman–Crippen MR) is 145 cm³/mol. The molecule has 2 heterocycles. The third kappa shape index (κ3) is 5.24. The highest BCUT2D eigenvalue weighted by atomic mass is 35.5. The summed E-state index contributed by atoms with van der Waals surface area (Å²) in [4.78, 5) is 15.2. The van der Waals surface area contributed by atoms with Crippen LogP contribution in [0.5, 0.6) is 11.5 Å². The predicted octanol–water partition coefficient (Wildman–Crippen LogP) is 5.32. The molecule has 0 radical (unpaired) electrons. The first-order chi connectivity index (χ1) is 18.5. The molecule has 3 N–H and O–H groups in total. The fourth-order valence-electron chi connectivity index (χ4n) is 4.59. The number of benzene rings is 3. The molecule has 38 heavy (non-hydrogen) atoms. The largest absolute Gasteiger partial charge is 0.507 e. The van der Waals surface area contributed by atoms with Crippen LogP contribution in [-0.2, 0) is 11.3 Å². The van der Waals surface area contributed by atoms with E-state index in [0.29, 0.717) is 33.8 Å². The van der Waals surface area contributed by atoms with Gasteiger partial charge >= 0.3 is 0 Å². The van der Waals surface area contributed by atoms with E-state index in [-0.39, 0.29) is 34.4 Å². The van der Waals surface area contributed by atoms with Gasteiger partial charge < -0.3 is 24.8 Å². The first-order valence-corrected chi connectivity index (χ1v) is 12.8. The minimum Gasteiger partial charge on any atom is -0.507 e. The zero-order chi connectivity index (χ0) is 26.6. The molecule has 1 aliphatic rings. The number of carbonyl (C=O) groups excluding carboxylic acids is 1. The number of hydrogen-bond acceptors (Lipinski definition) is 7. The number of aromatic hydroxyl groups is 2. The van der Waals surface area contributed by atoms with E-state index in [1.807, 2.05) is 31.2 Å². The topological polar surface area (TPSA) is 108 Å². The number of halogens is 1. The molecule has 0 saturated carbocycles. The molecule has 5 rings (SSSR count). The maximum absolute atomic E-state index is 12.9. The molecule has 8 nitrogen and oxygen atoms in total. The summed E-state index contributed by atoms with van der Waals surface area (Å²) in [6.45, 7) is 6.25. The average molecular weight is 534 g/mol. The van der Waals surface area contributed by atoms with Crippen LogP contribution in [0.1, 0.15) is 23.0 Å². The van der Waals surface area contributed by atoms with Crippen LogP contribution in [0.3, 0.4) is 0 Å². The monoisotopic (exact) mass is 533 g/mol. The number of phenolic OH excluding ortho intramolecular Hbond substituents is 2. The molecule has 0 spiro atoms. The Morgan fingerprint density at radius 3 is 2.42 bits per heavy atom. The second kappa shape index (κ2) is 11.3. The van der Waals surface area contributed by atoms with Crippen LogP contribution in [0, 0.1) is 0 Å². The van der Waals surface area contributed by atoms with Crippen molar-refractivity contribution in [3.05, 3.63) is 76.9 Å².